The molecular formula is C13H21BrN2O. The van der Waals surface area contributed by atoms with Crippen LogP contribution in [0.4, 0.5) is 0 Å². The molecule has 2 rings (SSSR count). The SMILES string of the molecule is CCc1nn(C)c(COCC2CCCC2)c1Br. The smallest absolute Gasteiger partial charge is 0.0896 e. The second-order valence-corrected chi connectivity index (χ2v) is 5.64. The Kier molecular flexibility index (Phi) is 4.62. The maximum atomic E-state index is 5.83. The van der Waals surface area contributed by atoms with Gasteiger partial charge in [-0.1, -0.05) is 19.8 Å². The molecule has 4 heteroatoms. The molecule has 0 bridgehead atoms. The van der Waals surface area contributed by atoms with Crippen molar-refractivity contribution in [1.82, 2.24) is 9.78 Å². The number of ether oxygens (including phenoxy) is 1. The van der Waals surface area contributed by atoms with Crippen LogP contribution < -0.4 is 0 Å². The molecule has 0 N–H and O–H groups in total. The molecule has 3 nitrogen and oxygen atoms in total. The van der Waals surface area contributed by atoms with E-state index >= 15 is 0 Å². The Morgan fingerprint density at radius 1 is 1.41 bits per heavy atom. The fraction of sp³-hybridized carbons (Fsp3) is 0.769. The van der Waals surface area contributed by atoms with Crippen molar-refractivity contribution in [3.63, 3.8) is 0 Å². The highest BCUT2D eigenvalue weighted by molar-refractivity contribution is 9.10. The maximum absolute atomic E-state index is 5.83. The number of aryl methyl sites for hydroxylation is 2. The Hall–Kier alpha value is -0.350. The van der Waals surface area contributed by atoms with Crippen molar-refractivity contribution in [2.75, 3.05) is 6.61 Å². The van der Waals surface area contributed by atoms with Crippen LogP contribution >= 0.6 is 15.9 Å². The van der Waals surface area contributed by atoms with Gasteiger partial charge >= 0.3 is 0 Å². The van der Waals surface area contributed by atoms with Crippen LogP contribution in [0, 0.1) is 5.92 Å². The third-order valence-electron chi connectivity index (χ3n) is 3.57. The second-order valence-electron chi connectivity index (χ2n) is 4.85. The first-order valence-electron chi connectivity index (χ1n) is 6.50. The summed E-state index contributed by atoms with van der Waals surface area (Å²) >= 11 is 3.61. The zero-order valence-electron chi connectivity index (χ0n) is 10.7. The minimum Gasteiger partial charge on any atom is -0.375 e. The van der Waals surface area contributed by atoms with E-state index in [1.807, 2.05) is 11.7 Å². The van der Waals surface area contributed by atoms with Gasteiger partial charge in [-0.05, 0) is 41.1 Å². The van der Waals surface area contributed by atoms with Gasteiger partial charge in [0.15, 0.2) is 0 Å². The van der Waals surface area contributed by atoms with Gasteiger partial charge in [-0.2, -0.15) is 5.10 Å². The quantitative estimate of drug-likeness (QED) is 0.833. The normalized spacial score (nSPS) is 16.9. The van der Waals surface area contributed by atoms with Crippen molar-refractivity contribution in [3.05, 3.63) is 15.9 Å². The number of hydrogen-bond acceptors (Lipinski definition) is 2. The summed E-state index contributed by atoms with van der Waals surface area (Å²) in [5, 5.41) is 4.47. The topological polar surface area (TPSA) is 27.1 Å². The van der Waals surface area contributed by atoms with Gasteiger partial charge in [-0.25, -0.2) is 0 Å². The maximum Gasteiger partial charge on any atom is 0.0896 e. The molecule has 0 aromatic carbocycles. The molecule has 0 amide bonds. The van der Waals surface area contributed by atoms with Gasteiger partial charge in [0.25, 0.3) is 0 Å². The van der Waals surface area contributed by atoms with Crippen molar-refractivity contribution >= 4 is 15.9 Å². The van der Waals surface area contributed by atoms with E-state index < -0.39 is 0 Å². The van der Waals surface area contributed by atoms with E-state index in [-0.39, 0.29) is 0 Å². The Morgan fingerprint density at radius 2 is 2.12 bits per heavy atom. The average molecular weight is 301 g/mol. The molecule has 1 aromatic rings. The van der Waals surface area contributed by atoms with Crippen LogP contribution in [0.5, 0.6) is 0 Å². The van der Waals surface area contributed by atoms with Crippen molar-refractivity contribution in [2.45, 2.75) is 45.6 Å². The number of halogens is 1. The third-order valence-corrected chi connectivity index (χ3v) is 4.49. The van der Waals surface area contributed by atoms with Gasteiger partial charge < -0.3 is 4.74 Å². The summed E-state index contributed by atoms with van der Waals surface area (Å²) in [5.74, 6) is 0.785. The largest absolute Gasteiger partial charge is 0.375 e. The molecule has 0 aliphatic heterocycles. The lowest BCUT2D eigenvalue weighted by Crippen LogP contribution is -2.08. The van der Waals surface area contributed by atoms with E-state index in [4.69, 9.17) is 4.74 Å². The molecular weight excluding hydrogens is 280 g/mol. The Labute approximate surface area is 112 Å². The monoisotopic (exact) mass is 300 g/mol. The van der Waals surface area contributed by atoms with E-state index in [1.54, 1.807) is 0 Å². The molecule has 1 saturated carbocycles. The highest BCUT2D eigenvalue weighted by atomic mass is 79.9. The molecule has 1 aliphatic rings. The fourth-order valence-electron chi connectivity index (χ4n) is 2.48. The highest BCUT2D eigenvalue weighted by Gasteiger charge is 2.16. The van der Waals surface area contributed by atoms with Gasteiger partial charge in [0.2, 0.25) is 0 Å². The molecule has 0 unspecified atom stereocenters. The van der Waals surface area contributed by atoms with E-state index in [0.717, 1.165) is 34.8 Å². The van der Waals surface area contributed by atoms with Gasteiger partial charge in [0.1, 0.15) is 0 Å². The van der Waals surface area contributed by atoms with E-state index in [9.17, 15) is 0 Å². The lowest BCUT2D eigenvalue weighted by atomic mass is 10.1. The van der Waals surface area contributed by atoms with Gasteiger partial charge in [0.05, 0.1) is 22.5 Å². The summed E-state index contributed by atoms with van der Waals surface area (Å²) in [7, 11) is 1.98. The molecule has 0 radical (unpaired) electrons. The predicted octanol–water partition coefficient (Wildman–Crippen LogP) is 3.45. The minimum absolute atomic E-state index is 0.667. The third kappa shape index (κ3) is 3.10. The van der Waals surface area contributed by atoms with Crippen molar-refractivity contribution in [1.29, 1.82) is 0 Å². The second kappa shape index (κ2) is 6.01. The Balaban J connectivity index is 1.87. The number of rotatable bonds is 5. The van der Waals surface area contributed by atoms with Crippen LogP contribution in [0.2, 0.25) is 0 Å². The summed E-state index contributed by atoms with van der Waals surface area (Å²) in [6, 6.07) is 0. The van der Waals surface area contributed by atoms with Crippen LogP contribution in [0.3, 0.4) is 0 Å². The van der Waals surface area contributed by atoms with E-state index in [1.165, 1.54) is 25.7 Å². The van der Waals surface area contributed by atoms with Gasteiger partial charge in [-0.15, -0.1) is 0 Å². The zero-order valence-corrected chi connectivity index (χ0v) is 12.3. The number of nitrogens with zero attached hydrogens (tertiary/aromatic N) is 2. The van der Waals surface area contributed by atoms with Crippen LogP contribution in [-0.4, -0.2) is 16.4 Å². The summed E-state index contributed by atoms with van der Waals surface area (Å²) in [6.45, 7) is 3.69. The molecule has 17 heavy (non-hydrogen) atoms. The molecule has 1 heterocycles. The molecule has 1 aromatic heterocycles. The predicted molar refractivity (Wildman–Crippen MR) is 71.9 cm³/mol. The van der Waals surface area contributed by atoms with Crippen LogP contribution in [0.15, 0.2) is 4.47 Å². The number of hydrogen-bond donors (Lipinski definition) is 0. The molecule has 1 aliphatic carbocycles. The first kappa shape index (κ1) is 13.1. The summed E-state index contributed by atoms with van der Waals surface area (Å²) < 4.78 is 8.88. The average Bonchev–Trinajstić information content (AvgIpc) is 2.91. The van der Waals surface area contributed by atoms with Crippen molar-refractivity contribution in [2.24, 2.45) is 13.0 Å². The van der Waals surface area contributed by atoms with Crippen LogP contribution in [-0.2, 0) is 24.8 Å². The highest BCUT2D eigenvalue weighted by Crippen LogP contribution is 2.26. The first-order chi connectivity index (χ1) is 8.22. The van der Waals surface area contributed by atoms with Gasteiger partial charge in [0, 0.05) is 13.7 Å². The van der Waals surface area contributed by atoms with Crippen LogP contribution in [0.25, 0.3) is 0 Å². The standard InChI is InChI=1S/C13H21BrN2O/c1-3-11-13(14)12(16(2)15-11)9-17-8-10-6-4-5-7-10/h10H,3-9H2,1-2H3. The first-order valence-corrected chi connectivity index (χ1v) is 7.29. The Morgan fingerprint density at radius 3 is 2.71 bits per heavy atom. The van der Waals surface area contributed by atoms with Gasteiger partial charge in [-0.3, -0.25) is 4.68 Å². The molecule has 1 fully saturated rings. The van der Waals surface area contributed by atoms with Crippen LogP contribution in [0.1, 0.15) is 44.0 Å². The summed E-state index contributed by atoms with van der Waals surface area (Å²) in [6.07, 6.45) is 6.39. The summed E-state index contributed by atoms with van der Waals surface area (Å²) in [5.41, 5.74) is 2.27. The lowest BCUT2D eigenvalue weighted by Gasteiger charge is -2.10. The number of aromatic nitrogens is 2. The zero-order chi connectivity index (χ0) is 12.3. The summed E-state index contributed by atoms with van der Waals surface area (Å²) in [4.78, 5) is 0. The minimum atomic E-state index is 0.667. The molecule has 96 valence electrons. The lowest BCUT2D eigenvalue weighted by molar-refractivity contribution is 0.0843. The van der Waals surface area contributed by atoms with E-state index in [0.29, 0.717) is 6.61 Å². The molecule has 0 spiro atoms. The van der Waals surface area contributed by atoms with E-state index in [2.05, 4.69) is 28.0 Å². The van der Waals surface area contributed by atoms with Crippen molar-refractivity contribution < 1.29 is 4.74 Å². The Bertz CT molecular complexity index is 370. The van der Waals surface area contributed by atoms with Crippen molar-refractivity contribution in [3.8, 4) is 0 Å². The fourth-order valence-corrected chi connectivity index (χ4v) is 3.21. The molecule has 0 atom stereocenters. The molecule has 0 saturated heterocycles.